The van der Waals surface area contributed by atoms with Gasteiger partial charge in [0.1, 0.15) is 17.2 Å². The topological polar surface area (TPSA) is 124 Å². The number of fused-ring (bicyclic) bond motifs is 1. The van der Waals surface area contributed by atoms with E-state index in [-0.39, 0.29) is 23.8 Å². The van der Waals surface area contributed by atoms with Crippen molar-refractivity contribution in [2.45, 2.75) is 25.4 Å². The summed E-state index contributed by atoms with van der Waals surface area (Å²) in [6, 6.07) is 7.23. The minimum Gasteiger partial charge on any atom is -0.473 e. The van der Waals surface area contributed by atoms with E-state index in [9.17, 15) is 14.0 Å². The first-order valence-electron chi connectivity index (χ1n) is 11.2. The molecule has 0 unspecified atom stereocenters. The van der Waals surface area contributed by atoms with Gasteiger partial charge in [0.25, 0.3) is 5.56 Å². The van der Waals surface area contributed by atoms with E-state index in [1.165, 1.54) is 37.6 Å². The number of hydrogen-bond donors (Lipinski definition) is 2. The monoisotopic (exact) mass is 478 g/mol. The van der Waals surface area contributed by atoms with Gasteiger partial charge in [0.2, 0.25) is 5.88 Å². The summed E-state index contributed by atoms with van der Waals surface area (Å²) in [5.41, 5.74) is 0.385. The van der Waals surface area contributed by atoms with Crippen LogP contribution in [0, 0.1) is 5.82 Å². The lowest BCUT2D eigenvalue weighted by Gasteiger charge is -2.22. The molecule has 0 radical (unpaired) electrons. The molecule has 0 saturated carbocycles. The molecular formula is C24H23FN6O4. The van der Waals surface area contributed by atoms with Crippen LogP contribution in [0.1, 0.15) is 28.8 Å². The van der Waals surface area contributed by atoms with Crippen molar-refractivity contribution < 1.29 is 18.7 Å². The highest BCUT2D eigenvalue weighted by Crippen LogP contribution is 2.35. The van der Waals surface area contributed by atoms with Gasteiger partial charge in [0.05, 0.1) is 5.56 Å². The molecule has 3 aromatic heterocycles. The molecule has 1 aromatic carbocycles. The number of H-pyrrole nitrogens is 1. The van der Waals surface area contributed by atoms with E-state index in [1.807, 2.05) is 0 Å². The molecule has 35 heavy (non-hydrogen) atoms. The highest BCUT2D eigenvalue weighted by molar-refractivity contribution is 5.97. The van der Waals surface area contributed by atoms with Crippen molar-refractivity contribution >= 4 is 16.8 Å². The molecule has 5 rings (SSSR count). The molecule has 0 atom stereocenters. The van der Waals surface area contributed by atoms with Crippen LogP contribution in [0.15, 0.2) is 47.5 Å². The van der Waals surface area contributed by atoms with Gasteiger partial charge in [-0.2, -0.15) is 5.10 Å². The fourth-order valence-corrected chi connectivity index (χ4v) is 3.99. The number of piperidine rings is 1. The number of pyridine rings is 1. The number of carbonyl (C=O) groups is 1. The highest BCUT2D eigenvalue weighted by atomic mass is 19.1. The fourth-order valence-electron chi connectivity index (χ4n) is 3.99. The number of hydrogen-bond acceptors (Lipinski definition) is 8. The minimum atomic E-state index is -0.646. The van der Waals surface area contributed by atoms with Gasteiger partial charge in [-0.15, -0.1) is 5.10 Å². The number of carbonyl (C=O) groups excluding carboxylic acids is 1. The third-order valence-electron chi connectivity index (χ3n) is 5.84. The summed E-state index contributed by atoms with van der Waals surface area (Å²) in [6.45, 7) is 1.73. The molecule has 0 spiro atoms. The van der Waals surface area contributed by atoms with Crippen LogP contribution < -0.4 is 20.3 Å². The van der Waals surface area contributed by atoms with Gasteiger partial charge in [0.15, 0.2) is 23.0 Å². The summed E-state index contributed by atoms with van der Waals surface area (Å²) in [7, 11) is 1.46. The van der Waals surface area contributed by atoms with Gasteiger partial charge in [-0.1, -0.05) is 6.07 Å². The third-order valence-corrected chi connectivity index (χ3v) is 5.84. The predicted molar refractivity (Wildman–Crippen MR) is 124 cm³/mol. The highest BCUT2D eigenvalue weighted by Gasteiger charge is 2.21. The number of aromatic nitrogens is 5. The third kappa shape index (κ3) is 4.76. The number of nitrogens with one attached hydrogen (secondary N) is 2. The second kappa shape index (κ2) is 9.63. The second-order valence-corrected chi connectivity index (χ2v) is 8.27. The number of ether oxygens (including phenoxy) is 2. The summed E-state index contributed by atoms with van der Waals surface area (Å²) >= 11 is 0. The number of aryl methyl sites for hydroxylation is 1. The SMILES string of the molecule is Cn1nccc(C(=O)Cc2ccc(Oc3ccnc4[nH]nc(OC5CCNCC5)c34)c(F)c2)c1=O. The molecule has 1 fully saturated rings. The van der Waals surface area contributed by atoms with Crippen molar-refractivity contribution in [3.05, 3.63) is 70.0 Å². The van der Waals surface area contributed by atoms with Crippen LogP contribution in [0.2, 0.25) is 0 Å². The van der Waals surface area contributed by atoms with Crippen LogP contribution in [0.4, 0.5) is 4.39 Å². The maximum atomic E-state index is 14.9. The first-order chi connectivity index (χ1) is 17.0. The van der Waals surface area contributed by atoms with E-state index in [2.05, 4.69) is 25.6 Å². The molecule has 4 aromatic rings. The number of nitrogens with zero attached hydrogens (tertiary/aromatic N) is 4. The van der Waals surface area contributed by atoms with Gasteiger partial charge in [0, 0.05) is 31.9 Å². The molecule has 0 amide bonds. The van der Waals surface area contributed by atoms with Crippen LogP contribution in [-0.2, 0) is 13.5 Å². The number of ketones is 1. The molecule has 2 N–H and O–H groups in total. The van der Waals surface area contributed by atoms with E-state index < -0.39 is 17.2 Å². The summed E-state index contributed by atoms with van der Waals surface area (Å²) in [4.78, 5) is 28.9. The lowest BCUT2D eigenvalue weighted by atomic mass is 10.0. The van der Waals surface area contributed by atoms with Crippen LogP contribution in [0.5, 0.6) is 17.4 Å². The Hall–Kier alpha value is -4.12. The molecule has 1 saturated heterocycles. The van der Waals surface area contributed by atoms with Gasteiger partial charge >= 0.3 is 0 Å². The lowest BCUT2D eigenvalue weighted by molar-refractivity contribution is 0.0990. The van der Waals surface area contributed by atoms with Crippen LogP contribution in [0.3, 0.4) is 0 Å². The Bertz CT molecular complexity index is 1440. The Labute approximate surface area is 199 Å². The Balaban J connectivity index is 1.36. The zero-order valence-electron chi connectivity index (χ0n) is 19.0. The maximum Gasteiger partial charge on any atom is 0.277 e. The van der Waals surface area contributed by atoms with Gasteiger partial charge in [-0.05, 0) is 49.7 Å². The summed E-state index contributed by atoms with van der Waals surface area (Å²) in [5.74, 6) is -0.392. The summed E-state index contributed by atoms with van der Waals surface area (Å²) < 4.78 is 28.0. The normalized spacial score (nSPS) is 14.2. The molecule has 0 bridgehead atoms. The number of Topliss-reactive ketones (excluding diaryl/α,β-unsaturated/α-hetero) is 1. The second-order valence-electron chi connectivity index (χ2n) is 8.27. The van der Waals surface area contributed by atoms with Crippen molar-refractivity contribution in [1.82, 2.24) is 30.3 Å². The van der Waals surface area contributed by atoms with E-state index in [4.69, 9.17) is 9.47 Å². The van der Waals surface area contributed by atoms with Crippen molar-refractivity contribution in [2.75, 3.05) is 13.1 Å². The number of rotatable bonds is 7. The molecule has 1 aliphatic heterocycles. The first-order valence-corrected chi connectivity index (χ1v) is 11.2. The maximum absolute atomic E-state index is 14.9. The largest absolute Gasteiger partial charge is 0.473 e. The summed E-state index contributed by atoms with van der Waals surface area (Å²) in [5, 5.41) is 14.7. The van der Waals surface area contributed by atoms with Crippen molar-refractivity contribution in [3.8, 4) is 17.4 Å². The standard InChI is InChI=1S/C24H23FN6O4/c1-31-24(33)16(6-11-28-31)18(32)13-14-2-3-19(17(25)12-14)35-20-7-10-27-22-21(20)23(30-29-22)34-15-4-8-26-9-5-15/h2-3,6-7,10-12,15,26H,4-5,8-9,13H2,1H3,(H,27,29,30). The van der Waals surface area contributed by atoms with Crippen molar-refractivity contribution in [2.24, 2.45) is 7.05 Å². The van der Waals surface area contributed by atoms with Crippen molar-refractivity contribution in [1.29, 1.82) is 0 Å². The number of benzene rings is 1. The quantitative estimate of drug-likeness (QED) is 0.389. The van der Waals surface area contributed by atoms with E-state index in [1.54, 1.807) is 12.1 Å². The van der Waals surface area contributed by atoms with E-state index >= 15 is 0 Å². The average molecular weight is 478 g/mol. The van der Waals surface area contributed by atoms with Gasteiger partial charge in [-0.3, -0.25) is 14.7 Å². The van der Waals surface area contributed by atoms with Crippen LogP contribution >= 0.6 is 0 Å². The average Bonchev–Trinajstić information content (AvgIpc) is 3.27. The van der Waals surface area contributed by atoms with Gasteiger partial charge in [-0.25, -0.2) is 14.1 Å². The van der Waals surface area contributed by atoms with E-state index in [0.29, 0.717) is 28.2 Å². The van der Waals surface area contributed by atoms with Crippen LogP contribution in [-0.4, -0.2) is 49.9 Å². The smallest absolute Gasteiger partial charge is 0.277 e. The lowest BCUT2D eigenvalue weighted by Crippen LogP contribution is -2.34. The molecule has 4 heterocycles. The zero-order valence-corrected chi connectivity index (χ0v) is 19.0. The van der Waals surface area contributed by atoms with Crippen molar-refractivity contribution in [3.63, 3.8) is 0 Å². The Morgan fingerprint density at radius 3 is 2.80 bits per heavy atom. The Morgan fingerprint density at radius 1 is 1.17 bits per heavy atom. The Morgan fingerprint density at radius 2 is 2.00 bits per heavy atom. The van der Waals surface area contributed by atoms with Crippen LogP contribution in [0.25, 0.3) is 11.0 Å². The number of aromatic amines is 1. The van der Waals surface area contributed by atoms with E-state index in [0.717, 1.165) is 30.6 Å². The molecular weight excluding hydrogens is 455 g/mol. The molecule has 1 aliphatic rings. The Kier molecular flexibility index (Phi) is 6.23. The summed E-state index contributed by atoms with van der Waals surface area (Å²) in [6.07, 6.45) is 4.49. The number of halogens is 1. The molecule has 11 heteroatoms. The predicted octanol–water partition coefficient (Wildman–Crippen LogP) is 2.54. The minimum absolute atomic E-state index is 0.00338. The molecule has 0 aliphatic carbocycles. The van der Waals surface area contributed by atoms with Gasteiger partial charge < -0.3 is 14.8 Å². The molecule has 180 valence electrons. The molecule has 10 nitrogen and oxygen atoms in total. The fraction of sp³-hybridized carbons (Fsp3) is 0.292. The zero-order chi connectivity index (χ0) is 24.4. The first kappa shape index (κ1) is 22.7.